The Labute approximate surface area is 202 Å². The Morgan fingerprint density at radius 1 is 1.03 bits per heavy atom. The number of likely N-dealkylation sites (tertiary alicyclic amines) is 1. The number of rotatable bonds is 6. The van der Waals surface area contributed by atoms with E-state index in [1.165, 1.54) is 7.05 Å². The predicted molar refractivity (Wildman–Crippen MR) is 137 cm³/mol. The Morgan fingerprint density at radius 2 is 1.74 bits per heavy atom. The van der Waals surface area contributed by atoms with Crippen molar-refractivity contribution in [3.63, 3.8) is 0 Å². The average molecular weight is 462 g/mol. The minimum Gasteiger partial charge on any atom is -0.457 e. The van der Waals surface area contributed by atoms with Crippen molar-refractivity contribution >= 4 is 12.7 Å². The fourth-order valence-electron chi connectivity index (χ4n) is 3.93. The second-order valence-electron chi connectivity index (χ2n) is 7.98. The number of aryl methyl sites for hydroxylation is 3. The van der Waals surface area contributed by atoms with Crippen LogP contribution in [-0.4, -0.2) is 42.7 Å². The summed E-state index contributed by atoms with van der Waals surface area (Å²) >= 11 is 0. The van der Waals surface area contributed by atoms with E-state index in [0.717, 1.165) is 60.3 Å². The highest BCUT2D eigenvalue weighted by Crippen LogP contribution is 2.32. The zero-order chi connectivity index (χ0) is 24.9. The van der Waals surface area contributed by atoms with Crippen LogP contribution in [0.5, 0.6) is 11.5 Å². The van der Waals surface area contributed by atoms with Crippen LogP contribution in [0.4, 0.5) is 0 Å². The third-order valence-electron chi connectivity index (χ3n) is 5.60. The third kappa shape index (κ3) is 7.52. The van der Waals surface area contributed by atoms with Gasteiger partial charge >= 0.3 is 0 Å². The lowest BCUT2D eigenvalue weighted by molar-refractivity contribution is -0.117. The molecule has 0 bridgehead atoms. The van der Waals surface area contributed by atoms with Crippen molar-refractivity contribution in [3.8, 4) is 11.5 Å². The predicted octanol–water partition coefficient (Wildman–Crippen LogP) is 5.07. The Kier molecular flexibility index (Phi) is 10.9. The Hall–Kier alpha value is -3.51. The molecule has 1 unspecified atom stereocenters. The zero-order valence-corrected chi connectivity index (χ0v) is 20.5. The van der Waals surface area contributed by atoms with E-state index in [2.05, 4.69) is 17.6 Å². The molecule has 1 aliphatic heterocycles. The number of para-hydroxylation sites is 1. The molecule has 1 atom stereocenters. The maximum Gasteiger partial charge on any atom is 0.209 e. The fraction of sp³-hybridized carbons (Fsp3) is 0.321. The van der Waals surface area contributed by atoms with Gasteiger partial charge in [0.15, 0.2) is 0 Å². The summed E-state index contributed by atoms with van der Waals surface area (Å²) in [7, 11) is 1.50. The van der Waals surface area contributed by atoms with Crippen LogP contribution in [0.3, 0.4) is 0 Å². The first-order valence-electron chi connectivity index (χ1n) is 11.6. The Bertz CT molecular complexity index is 1050. The number of hydrogen-bond donors (Lipinski definition) is 1. The summed E-state index contributed by atoms with van der Waals surface area (Å²) in [6.45, 7) is 7.48. The molecule has 1 saturated heterocycles. The number of carbonyl (C=O) groups excluding carboxylic acids is 2. The Morgan fingerprint density at radius 3 is 2.29 bits per heavy atom. The lowest BCUT2D eigenvalue weighted by atomic mass is 9.94. The van der Waals surface area contributed by atoms with E-state index in [0.29, 0.717) is 17.9 Å². The molecule has 6 heteroatoms. The number of nitrogens with zero attached hydrogens (tertiary/aromatic N) is 2. The van der Waals surface area contributed by atoms with Gasteiger partial charge in [-0.1, -0.05) is 37.3 Å². The summed E-state index contributed by atoms with van der Waals surface area (Å²) in [4.78, 5) is 28.3. The highest BCUT2D eigenvalue weighted by molar-refractivity contribution is 5.78. The molecule has 1 amide bonds. The first-order valence-corrected chi connectivity index (χ1v) is 11.6. The first kappa shape index (κ1) is 26.7. The van der Waals surface area contributed by atoms with E-state index in [1.54, 1.807) is 11.0 Å². The van der Waals surface area contributed by atoms with Gasteiger partial charge in [-0.2, -0.15) is 0 Å². The average Bonchev–Trinajstić information content (AvgIpc) is 3.35. The molecule has 1 aliphatic rings. The fourth-order valence-corrected chi connectivity index (χ4v) is 3.93. The number of aromatic nitrogens is 1. The second-order valence-corrected chi connectivity index (χ2v) is 7.98. The summed E-state index contributed by atoms with van der Waals surface area (Å²) in [6, 6.07) is 19.5. The normalized spacial score (nSPS) is 14.3. The Balaban J connectivity index is 0.000000343. The number of ether oxygens (including phenoxy) is 1. The second kappa shape index (κ2) is 13.9. The smallest absolute Gasteiger partial charge is 0.209 e. The third-order valence-corrected chi connectivity index (χ3v) is 5.60. The maximum absolute atomic E-state index is 11.5. The highest BCUT2D eigenvalue weighted by atomic mass is 16.5. The van der Waals surface area contributed by atoms with Crippen molar-refractivity contribution in [1.82, 2.24) is 9.88 Å². The number of hydrogen-bond acceptors (Lipinski definition) is 5. The van der Waals surface area contributed by atoms with Gasteiger partial charge in [0.25, 0.3) is 0 Å². The van der Waals surface area contributed by atoms with E-state index >= 15 is 0 Å². The van der Waals surface area contributed by atoms with Crippen molar-refractivity contribution in [2.75, 3.05) is 20.1 Å². The molecule has 2 aromatic carbocycles. The highest BCUT2D eigenvalue weighted by Gasteiger charge is 2.25. The molecule has 2 N–H and O–H groups in total. The van der Waals surface area contributed by atoms with E-state index in [-0.39, 0.29) is 5.92 Å². The van der Waals surface area contributed by atoms with Gasteiger partial charge in [0, 0.05) is 36.0 Å². The molecule has 1 aromatic heterocycles. The van der Waals surface area contributed by atoms with Crippen LogP contribution in [0.1, 0.15) is 52.1 Å². The minimum absolute atomic E-state index is 0.215. The molecular weight excluding hydrogens is 426 g/mol. The van der Waals surface area contributed by atoms with Gasteiger partial charge in [0.05, 0.1) is 0 Å². The van der Waals surface area contributed by atoms with Gasteiger partial charge in [-0.15, -0.1) is 0 Å². The molecule has 1 fully saturated rings. The summed E-state index contributed by atoms with van der Waals surface area (Å²) in [5.41, 5.74) is 9.44. The maximum atomic E-state index is 11.5. The van der Waals surface area contributed by atoms with Crippen LogP contribution >= 0.6 is 0 Å². The van der Waals surface area contributed by atoms with Gasteiger partial charge in [-0.3, -0.25) is 14.6 Å². The summed E-state index contributed by atoms with van der Waals surface area (Å²) in [5, 5.41) is 0. The molecule has 0 radical (unpaired) electrons. The largest absolute Gasteiger partial charge is 0.457 e. The van der Waals surface area contributed by atoms with Crippen LogP contribution in [-0.2, 0) is 11.2 Å². The number of carbonyl (C=O) groups is 2. The van der Waals surface area contributed by atoms with Gasteiger partial charge in [0.2, 0.25) is 6.41 Å². The van der Waals surface area contributed by atoms with Crippen LogP contribution in [0.15, 0.2) is 60.7 Å². The number of benzene rings is 2. The number of aldehydes is 1. The van der Waals surface area contributed by atoms with Crippen LogP contribution in [0.2, 0.25) is 0 Å². The minimum atomic E-state index is 0.215. The standard InChI is InChI=1S/C20H21NO3.C7H9N.CH5N/c1-2-15-5-3-4-6-20(15)24-18-7-8-19(17(11-18)13-22)16-9-10-21(12-16)14-23;1-6-4-3-5-7(2)8-6;1-2/h3-8,11,13-14,16H,2,9-10,12H2,1H3;3-5H,1-2H3;2H2,1H3. The molecule has 0 spiro atoms. The van der Waals surface area contributed by atoms with Crippen LogP contribution in [0.25, 0.3) is 0 Å². The van der Waals surface area contributed by atoms with Gasteiger partial charge < -0.3 is 15.4 Å². The van der Waals surface area contributed by atoms with Crippen molar-refractivity contribution in [1.29, 1.82) is 0 Å². The quantitative estimate of drug-likeness (QED) is 0.518. The lowest BCUT2D eigenvalue weighted by Gasteiger charge is -2.15. The van der Waals surface area contributed by atoms with Gasteiger partial charge in [0.1, 0.15) is 17.8 Å². The van der Waals surface area contributed by atoms with Crippen molar-refractivity contribution in [2.45, 2.75) is 39.5 Å². The van der Waals surface area contributed by atoms with E-state index in [9.17, 15) is 9.59 Å². The molecular formula is C28H35N3O3. The molecule has 6 nitrogen and oxygen atoms in total. The summed E-state index contributed by atoms with van der Waals surface area (Å²) < 4.78 is 5.98. The van der Waals surface area contributed by atoms with E-state index in [4.69, 9.17) is 4.74 Å². The molecule has 4 rings (SSSR count). The topological polar surface area (TPSA) is 85.5 Å². The monoisotopic (exact) mass is 461 g/mol. The molecule has 0 aliphatic carbocycles. The van der Waals surface area contributed by atoms with Gasteiger partial charge in [-0.05, 0) is 75.2 Å². The van der Waals surface area contributed by atoms with Crippen molar-refractivity contribution in [2.24, 2.45) is 5.73 Å². The number of pyridine rings is 1. The summed E-state index contributed by atoms with van der Waals surface area (Å²) in [5.74, 6) is 1.69. The molecule has 34 heavy (non-hydrogen) atoms. The molecule has 180 valence electrons. The molecule has 0 saturated carbocycles. The van der Waals surface area contributed by atoms with Crippen molar-refractivity contribution < 1.29 is 14.3 Å². The SMILES string of the molecule is CCc1ccccc1Oc1ccc(C2CCN(C=O)C2)c(C=O)c1.CN.Cc1cccc(C)n1. The first-order chi connectivity index (χ1) is 16.5. The van der Waals surface area contributed by atoms with Crippen LogP contribution < -0.4 is 10.5 Å². The van der Waals surface area contributed by atoms with E-state index < -0.39 is 0 Å². The molecule has 2 heterocycles. The lowest BCUT2D eigenvalue weighted by Crippen LogP contribution is -2.17. The number of nitrogens with two attached hydrogens (primary N) is 1. The number of amides is 1. The summed E-state index contributed by atoms with van der Waals surface area (Å²) in [6.07, 6.45) is 3.52. The van der Waals surface area contributed by atoms with Gasteiger partial charge in [-0.25, -0.2) is 0 Å². The van der Waals surface area contributed by atoms with E-state index in [1.807, 2.05) is 68.4 Å². The van der Waals surface area contributed by atoms with Crippen molar-refractivity contribution in [3.05, 3.63) is 88.7 Å². The molecule has 3 aromatic rings. The zero-order valence-electron chi connectivity index (χ0n) is 20.5. The van der Waals surface area contributed by atoms with Crippen LogP contribution in [0, 0.1) is 13.8 Å².